The molecule has 4 rings (SSSR count). The molecule has 34 heavy (non-hydrogen) atoms. The number of likely N-dealkylation sites (N-methyl/N-ethyl adjacent to an activating group) is 2. The van der Waals surface area contributed by atoms with Crippen LogP contribution in [-0.2, 0) is 20.6 Å². The molecule has 0 saturated heterocycles. The summed E-state index contributed by atoms with van der Waals surface area (Å²) in [4.78, 5) is 12.2. The Morgan fingerprint density at radius 2 is 1.35 bits per heavy atom. The van der Waals surface area contributed by atoms with Gasteiger partial charge in [-0.25, -0.2) is 0 Å². The first-order valence-corrected chi connectivity index (χ1v) is 12.4. The fourth-order valence-electron chi connectivity index (χ4n) is 5.13. The van der Waals surface area contributed by atoms with E-state index in [2.05, 4.69) is 22.8 Å². The van der Waals surface area contributed by atoms with Crippen LogP contribution in [0.5, 0.6) is 0 Å². The van der Waals surface area contributed by atoms with Gasteiger partial charge >= 0.3 is 0 Å². The summed E-state index contributed by atoms with van der Waals surface area (Å²) < 4.78 is 5.55. The average Bonchev–Trinajstić information content (AvgIpc) is 2.85. The second-order valence-corrected chi connectivity index (χ2v) is 9.38. The Labute approximate surface area is 219 Å². The van der Waals surface area contributed by atoms with E-state index >= 15 is 0 Å². The van der Waals surface area contributed by atoms with Crippen LogP contribution in [0.15, 0.2) is 60.4 Å². The number of ketones is 1. The van der Waals surface area contributed by atoms with E-state index in [0.29, 0.717) is 11.4 Å². The summed E-state index contributed by atoms with van der Waals surface area (Å²) in [5.74, 6) is 1.23. The summed E-state index contributed by atoms with van der Waals surface area (Å²) in [6, 6.07) is 15.6. The summed E-state index contributed by atoms with van der Waals surface area (Å²) in [6.45, 7) is 0. The number of benzene rings is 2. The zero-order valence-electron chi connectivity index (χ0n) is 20.1. The molecule has 0 spiro atoms. The van der Waals surface area contributed by atoms with Crippen LogP contribution in [0.25, 0.3) is 0 Å². The van der Waals surface area contributed by atoms with Gasteiger partial charge in [0.1, 0.15) is 16.8 Å². The van der Waals surface area contributed by atoms with Gasteiger partial charge in [0, 0.05) is 16.5 Å². The Hall–Kier alpha value is -1.56. The lowest BCUT2D eigenvalue weighted by molar-refractivity contribution is -0.127. The highest BCUT2D eigenvalue weighted by molar-refractivity contribution is 6.32. The number of Topliss-reactive ketones (excluding diaryl/α,β-unsaturated/α-hetero) is 1. The van der Waals surface area contributed by atoms with Crippen molar-refractivity contribution in [3.63, 3.8) is 0 Å². The molecule has 0 bridgehead atoms. The number of hydrogen-bond donors (Lipinski definition) is 2. The molecule has 0 amide bonds. The number of methoxy groups -OCH3 is 1. The van der Waals surface area contributed by atoms with Gasteiger partial charge in [-0.3, -0.25) is 4.79 Å². The first-order valence-electron chi connectivity index (χ1n) is 11.6. The minimum absolute atomic E-state index is 0. The molecule has 0 aliphatic heterocycles. The van der Waals surface area contributed by atoms with Crippen LogP contribution < -0.4 is 10.6 Å². The Balaban J connectivity index is 0.000000234. The van der Waals surface area contributed by atoms with Crippen LogP contribution in [0.1, 0.15) is 56.1 Å². The third-order valence-corrected chi connectivity index (χ3v) is 7.59. The first-order chi connectivity index (χ1) is 15.9. The molecule has 0 aromatic heterocycles. The first kappa shape index (κ1) is 28.7. The molecule has 1 saturated carbocycles. The molecule has 0 heterocycles. The van der Waals surface area contributed by atoms with Crippen molar-refractivity contribution in [3.05, 3.63) is 81.5 Å². The van der Waals surface area contributed by atoms with Crippen LogP contribution in [0.4, 0.5) is 0 Å². The van der Waals surface area contributed by atoms with E-state index in [0.717, 1.165) is 60.4 Å². The SMILES string of the molecule is CN[C@]1(c2ccccc2Cl)CCCC=C1OC.CN[C@]1(c2ccccc2Cl)CCCCC1=O.Cl. The second-order valence-electron chi connectivity index (χ2n) is 8.57. The van der Waals surface area contributed by atoms with Gasteiger partial charge in [-0.05, 0) is 75.5 Å². The lowest BCUT2D eigenvalue weighted by atomic mass is 9.75. The molecular weight excluding hydrogens is 491 g/mol. The van der Waals surface area contributed by atoms with Crippen LogP contribution in [0, 0.1) is 0 Å². The molecule has 2 aliphatic rings. The molecule has 1 fully saturated rings. The lowest BCUT2D eigenvalue weighted by Gasteiger charge is -2.38. The molecule has 2 aliphatic carbocycles. The van der Waals surface area contributed by atoms with Crippen molar-refractivity contribution < 1.29 is 9.53 Å². The number of nitrogens with one attached hydrogen (secondary N) is 2. The molecule has 2 N–H and O–H groups in total. The maximum atomic E-state index is 12.2. The highest BCUT2D eigenvalue weighted by Crippen LogP contribution is 2.41. The van der Waals surface area contributed by atoms with E-state index in [1.165, 1.54) is 0 Å². The van der Waals surface area contributed by atoms with E-state index in [1.807, 2.05) is 56.6 Å². The molecule has 7 heteroatoms. The Kier molecular flexibility index (Phi) is 10.9. The zero-order valence-corrected chi connectivity index (χ0v) is 22.5. The van der Waals surface area contributed by atoms with Gasteiger partial charge in [0.25, 0.3) is 0 Å². The second kappa shape index (κ2) is 12.9. The number of ether oxygens (including phenoxy) is 1. The maximum absolute atomic E-state index is 12.2. The molecule has 0 unspecified atom stereocenters. The Bertz CT molecular complexity index is 997. The zero-order chi connectivity index (χ0) is 23.9. The monoisotopic (exact) mass is 524 g/mol. The Morgan fingerprint density at radius 3 is 1.85 bits per heavy atom. The molecule has 0 radical (unpaired) electrons. The summed E-state index contributed by atoms with van der Waals surface area (Å²) in [7, 11) is 5.52. The van der Waals surface area contributed by atoms with Gasteiger partial charge in [0.2, 0.25) is 0 Å². The third-order valence-electron chi connectivity index (χ3n) is 6.93. The van der Waals surface area contributed by atoms with Crippen molar-refractivity contribution in [2.45, 2.75) is 56.0 Å². The van der Waals surface area contributed by atoms with E-state index in [9.17, 15) is 4.79 Å². The van der Waals surface area contributed by atoms with Crippen molar-refractivity contribution in [1.29, 1.82) is 0 Å². The van der Waals surface area contributed by atoms with Crippen molar-refractivity contribution in [1.82, 2.24) is 10.6 Å². The third kappa shape index (κ3) is 5.63. The van der Waals surface area contributed by atoms with E-state index in [1.54, 1.807) is 7.11 Å². The minimum Gasteiger partial charge on any atom is -0.499 e. The summed E-state index contributed by atoms with van der Waals surface area (Å²) >= 11 is 12.5. The number of carbonyl (C=O) groups is 1. The molecule has 186 valence electrons. The van der Waals surface area contributed by atoms with Gasteiger partial charge in [-0.1, -0.05) is 66.0 Å². The standard InChI is InChI=1S/C14H18ClNO.C13H16ClNO.ClH/c1-16-14(10-6-5-9-13(14)17-2)11-7-3-4-8-12(11)15;1-15-13(9-5-4-8-12(13)16)10-6-2-3-7-11(10)14;/h3-4,7-9,16H,5-6,10H2,1-2H3;2-3,6-7,15H,4-5,8-9H2,1H3;1H/t14-;13-;/m00./s1. The van der Waals surface area contributed by atoms with Gasteiger partial charge in [0.15, 0.2) is 5.78 Å². The predicted molar refractivity (Wildman–Crippen MR) is 144 cm³/mol. The smallest absolute Gasteiger partial charge is 0.157 e. The largest absolute Gasteiger partial charge is 0.499 e. The van der Waals surface area contributed by atoms with Crippen LogP contribution in [-0.4, -0.2) is 27.0 Å². The fraction of sp³-hybridized carbons (Fsp3) is 0.444. The van der Waals surface area contributed by atoms with Gasteiger partial charge in [-0.2, -0.15) is 0 Å². The van der Waals surface area contributed by atoms with E-state index in [-0.39, 0.29) is 23.7 Å². The van der Waals surface area contributed by atoms with Gasteiger partial charge in [0.05, 0.1) is 7.11 Å². The summed E-state index contributed by atoms with van der Waals surface area (Å²) in [6.07, 6.45) is 8.91. The minimum atomic E-state index is -0.559. The number of rotatable bonds is 5. The van der Waals surface area contributed by atoms with Crippen molar-refractivity contribution >= 4 is 41.4 Å². The average molecular weight is 526 g/mol. The van der Waals surface area contributed by atoms with E-state index < -0.39 is 5.54 Å². The van der Waals surface area contributed by atoms with Gasteiger partial charge in [-0.15, -0.1) is 12.4 Å². The highest BCUT2D eigenvalue weighted by atomic mass is 35.5. The Morgan fingerprint density at radius 1 is 0.824 bits per heavy atom. The quantitative estimate of drug-likeness (QED) is 0.451. The molecule has 2 aromatic rings. The normalized spacial score (nSPS) is 24.3. The molecule has 4 nitrogen and oxygen atoms in total. The lowest BCUT2D eigenvalue weighted by Crippen LogP contribution is -2.49. The van der Waals surface area contributed by atoms with Crippen LogP contribution in [0.3, 0.4) is 0 Å². The highest BCUT2D eigenvalue weighted by Gasteiger charge is 2.41. The number of hydrogen-bond acceptors (Lipinski definition) is 4. The summed E-state index contributed by atoms with van der Waals surface area (Å²) in [5.41, 5.74) is 1.18. The number of halogens is 3. The molecule has 2 atom stereocenters. The van der Waals surface area contributed by atoms with Crippen molar-refractivity contribution in [3.8, 4) is 0 Å². The maximum Gasteiger partial charge on any atom is 0.157 e. The molecule has 2 aromatic carbocycles. The molecular formula is C27H35Cl3N2O2. The predicted octanol–water partition coefficient (Wildman–Crippen LogP) is 6.79. The van der Waals surface area contributed by atoms with Crippen molar-refractivity contribution in [2.24, 2.45) is 0 Å². The topological polar surface area (TPSA) is 50.4 Å². The number of allylic oxidation sites excluding steroid dienone is 1. The van der Waals surface area contributed by atoms with E-state index in [4.69, 9.17) is 27.9 Å². The van der Waals surface area contributed by atoms with Crippen LogP contribution >= 0.6 is 35.6 Å². The van der Waals surface area contributed by atoms with Crippen molar-refractivity contribution in [2.75, 3.05) is 21.2 Å². The fourth-order valence-corrected chi connectivity index (χ4v) is 5.73. The number of carbonyl (C=O) groups excluding carboxylic acids is 1. The summed E-state index contributed by atoms with van der Waals surface area (Å²) in [5, 5.41) is 8.05. The van der Waals surface area contributed by atoms with Crippen LogP contribution in [0.2, 0.25) is 10.0 Å². The van der Waals surface area contributed by atoms with Gasteiger partial charge < -0.3 is 15.4 Å².